The first-order valence-corrected chi connectivity index (χ1v) is 6.92. The third-order valence-electron chi connectivity index (χ3n) is 2.95. The van der Waals surface area contributed by atoms with Crippen LogP contribution in [0.4, 0.5) is 5.69 Å². The second-order valence-electron chi connectivity index (χ2n) is 4.28. The predicted molar refractivity (Wildman–Crippen MR) is 81.4 cm³/mol. The van der Waals surface area contributed by atoms with E-state index in [9.17, 15) is 5.26 Å². The van der Waals surface area contributed by atoms with Crippen LogP contribution in [0.25, 0.3) is 10.9 Å². The molecule has 0 unspecified atom stereocenters. The minimum absolute atomic E-state index is 0.632. The zero-order chi connectivity index (χ0) is 13.9. The van der Waals surface area contributed by atoms with Gasteiger partial charge in [0, 0.05) is 16.0 Å². The Morgan fingerprint density at radius 1 is 1.05 bits per heavy atom. The van der Waals surface area contributed by atoms with Gasteiger partial charge in [-0.15, -0.1) is 0 Å². The molecule has 1 heterocycles. The summed E-state index contributed by atoms with van der Waals surface area (Å²) in [6.07, 6.45) is 0. The SMILES string of the molecule is N#Cc1cc(Sc2ccccc2N)nc2ccccc12. The second-order valence-corrected chi connectivity index (χ2v) is 5.34. The number of nitrogens with zero attached hydrogens (tertiary/aromatic N) is 2. The lowest BCUT2D eigenvalue weighted by molar-refractivity contribution is 1.18. The molecule has 3 nitrogen and oxygen atoms in total. The third-order valence-corrected chi connectivity index (χ3v) is 3.96. The fourth-order valence-electron chi connectivity index (χ4n) is 1.98. The Morgan fingerprint density at radius 3 is 2.60 bits per heavy atom. The first-order chi connectivity index (χ1) is 9.78. The van der Waals surface area contributed by atoms with Gasteiger partial charge in [-0.3, -0.25) is 0 Å². The van der Waals surface area contributed by atoms with Crippen LogP contribution in [0.5, 0.6) is 0 Å². The highest BCUT2D eigenvalue weighted by atomic mass is 32.2. The van der Waals surface area contributed by atoms with E-state index in [4.69, 9.17) is 5.73 Å². The van der Waals surface area contributed by atoms with Gasteiger partial charge in [-0.2, -0.15) is 5.26 Å². The molecule has 0 saturated carbocycles. The normalized spacial score (nSPS) is 10.3. The molecule has 2 N–H and O–H groups in total. The molecule has 3 rings (SSSR count). The van der Waals surface area contributed by atoms with Crippen molar-refractivity contribution in [2.45, 2.75) is 9.92 Å². The van der Waals surface area contributed by atoms with Crippen molar-refractivity contribution in [1.82, 2.24) is 4.98 Å². The summed E-state index contributed by atoms with van der Waals surface area (Å²) in [5.74, 6) is 0. The molecule has 0 bridgehead atoms. The van der Waals surface area contributed by atoms with Gasteiger partial charge in [-0.25, -0.2) is 4.98 Å². The van der Waals surface area contributed by atoms with Gasteiger partial charge in [-0.05, 0) is 24.3 Å². The summed E-state index contributed by atoms with van der Waals surface area (Å²) in [5.41, 5.74) is 8.11. The summed E-state index contributed by atoms with van der Waals surface area (Å²) in [6, 6.07) is 19.3. The van der Waals surface area contributed by atoms with Gasteiger partial charge < -0.3 is 5.73 Å². The Kier molecular flexibility index (Phi) is 3.28. The first kappa shape index (κ1) is 12.5. The maximum Gasteiger partial charge on any atom is 0.103 e. The van der Waals surface area contributed by atoms with E-state index in [0.717, 1.165) is 20.8 Å². The summed E-state index contributed by atoms with van der Waals surface area (Å²) >= 11 is 1.47. The molecule has 0 aliphatic carbocycles. The number of anilines is 1. The van der Waals surface area contributed by atoms with Crippen LogP contribution in [-0.2, 0) is 0 Å². The van der Waals surface area contributed by atoms with Crippen molar-refractivity contribution in [3.63, 3.8) is 0 Å². The minimum Gasteiger partial charge on any atom is -0.398 e. The molecule has 0 spiro atoms. The number of hydrogen-bond acceptors (Lipinski definition) is 4. The van der Waals surface area contributed by atoms with E-state index in [1.54, 1.807) is 6.07 Å². The molecule has 3 aromatic rings. The van der Waals surface area contributed by atoms with Crippen LogP contribution in [0.2, 0.25) is 0 Å². The molecule has 0 fully saturated rings. The molecule has 96 valence electrons. The summed E-state index contributed by atoms with van der Waals surface area (Å²) in [7, 11) is 0. The molecule has 20 heavy (non-hydrogen) atoms. The van der Waals surface area contributed by atoms with E-state index in [-0.39, 0.29) is 0 Å². The van der Waals surface area contributed by atoms with Crippen molar-refractivity contribution in [3.8, 4) is 6.07 Å². The van der Waals surface area contributed by atoms with E-state index in [1.165, 1.54) is 11.8 Å². The largest absolute Gasteiger partial charge is 0.398 e. The number of aromatic nitrogens is 1. The van der Waals surface area contributed by atoms with Crippen LogP contribution in [0.1, 0.15) is 5.56 Å². The predicted octanol–water partition coefficient (Wildman–Crippen LogP) is 3.84. The molecular formula is C16H11N3S. The first-order valence-electron chi connectivity index (χ1n) is 6.10. The van der Waals surface area contributed by atoms with Gasteiger partial charge in [0.2, 0.25) is 0 Å². The number of benzene rings is 2. The average molecular weight is 277 g/mol. The highest BCUT2D eigenvalue weighted by Crippen LogP contribution is 2.32. The number of rotatable bonds is 2. The van der Waals surface area contributed by atoms with Gasteiger partial charge in [-0.1, -0.05) is 42.1 Å². The van der Waals surface area contributed by atoms with Gasteiger partial charge >= 0.3 is 0 Å². The van der Waals surface area contributed by atoms with Crippen LogP contribution in [0.15, 0.2) is 64.5 Å². The monoisotopic (exact) mass is 277 g/mol. The zero-order valence-corrected chi connectivity index (χ0v) is 11.4. The number of nitrogen functional groups attached to an aromatic ring is 1. The average Bonchev–Trinajstić information content (AvgIpc) is 2.49. The smallest absolute Gasteiger partial charge is 0.103 e. The van der Waals surface area contributed by atoms with Gasteiger partial charge in [0.25, 0.3) is 0 Å². The summed E-state index contributed by atoms with van der Waals surface area (Å²) < 4.78 is 0. The standard InChI is InChI=1S/C16H11N3S/c17-10-11-9-16(19-14-7-3-1-5-12(11)14)20-15-8-4-2-6-13(15)18/h1-9H,18H2. The molecule has 0 saturated heterocycles. The van der Waals surface area contributed by atoms with E-state index in [0.29, 0.717) is 11.3 Å². The van der Waals surface area contributed by atoms with Crippen molar-refractivity contribution >= 4 is 28.4 Å². The molecule has 0 aliphatic heterocycles. The zero-order valence-electron chi connectivity index (χ0n) is 10.6. The fourth-order valence-corrected chi connectivity index (χ4v) is 2.86. The lowest BCUT2D eigenvalue weighted by Crippen LogP contribution is -1.90. The van der Waals surface area contributed by atoms with Crippen molar-refractivity contribution in [1.29, 1.82) is 5.26 Å². The number of fused-ring (bicyclic) bond motifs is 1. The maximum absolute atomic E-state index is 9.27. The van der Waals surface area contributed by atoms with Crippen molar-refractivity contribution < 1.29 is 0 Å². The van der Waals surface area contributed by atoms with Gasteiger partial charge in [0.1, 0.15) is 5.03 Å². The molecule has 0 atom stereocenters. The summed E-state index contributed by atoms with van der Waals surface area (Å²) in [4.78, 5) is 5.52. The molecule has 0 aliphatic rings. The Bertz CT molecular complexity index is 821. The Balaban J connectivity index is 2.09. The van der Waals surface area contributed by atoms with Crippen LogP contribution in [0, 0.1) is 11.3 Å². The number of nitriles is 1. The van der Waals surface area contributed by atoms with E-state index >= 15 is 0 Å². The van der Waals surface area contributed by atoms with Crippen molar-refractivity contribution in [2.75, 3.05) is 5.73 Å². The van der Waals surface area contributed by atoms with Crippen LogP contribution >= 0.6 is 11.8 Å². The van der Waals surface area contributed by atoms with E-state index in [1.807, 2.05) is 48.5 Å². The maximum atomic E-state index is 9.27. The third kappa shape index (κ3) is 2.31. The Hall–Kier alpha value is -2.51. The Labute approximate surface area is 121 Å². The number of para-hydroxylation sites is 2. The molecular weight excluding hydrogens is 266 g/mol. The van der Waals surface area contributed by atoms with Crippen LogP contribution in [0.3, 0.4) is 0 Å². The van der Waals surface area contributed by atoms with Crippen molar-refractivity contribution in [2.24, 2.45) is 0 Å². The highest BCUT2D eigenvalue weighted by molar-refractivity contribution is 7.99. The number of hydrogen-bond donors (Lipinski definition) is 1. The number of nitrogens with two attached hydrogens (primary N) is 1. The van der Waals surface area contributed by atoms with Gasteiger partial charge in [0.05, 0.1) is 17.1 Å². The lowest BCUT2D eigenvalue weighted by Gasteiger charge is -2.06. The minimum atomic E-state index is 0.632. The van der Waals surface area contributed by atoms with Gasteiger partial charge in [0.15, 0.2) is 0 Å². The van der Waals surface area contributed by atoms with E-state index in [2.05, 4.69) is 11.1 Å². The molecule has 0 amide bonds. The quantitative estimate of drug-likeness (QED) is 0.723. The molecule has 0 radical (unpaired) electrons. The number of pyridine rings is 1. The Morgan fingerprint density at radius 2 is 1.80 bits per heavy atom. The topological polar surface area (TPSA) is 62.7 Å². The molecule has 1 aromatic heterocycles. The molecule has 4 heteroatoms. The molecule has 2 aromatic carbocycles. The van der Waals surface area contributed by atoms with E-state index < -0.39 is 0 Å². The van der Waals surface area contributed by atoms with Crippen LogP contribution in [-0.4, -0.2) is 4.98 Å². The van der Waals surface area contributed by atoms with Crippen molar-refractivity contribution in [3.05, 3.63) is 60.2 Å². The summed E-state index contributed by atoms with van der Waals surface area (Å²) in [5, 5.41) is 10.9. The summed E-state index contributed by atoms with van der Waals surface area (Å²) in [6.45, 7) is 0. The second kappa shape index (κ2) is 5.24. The fraction of sp³-hybridized carbons (Fsp3) is 0. The van der Waals surface area contributed by atoms with Crippen LogP contribution < -0.4 is 5.73 Å². The lowest BCUT2D eigenvalue weighted by atomic mass is 10.1. The highest BCUT2D eigenvalue weighted by Gasteiger charge is 2.07.